The molecule has 8 heteroatoms. The summed E-state index contributed by atoms with van der Waals surface area (Å²) >= 11 is 0. The van der Waals surface area contributed by atoms with Gasteiger partial charge in [0.25, 0.3) is 0 Å². The maximum Gasteiger partial charge on any atom is 0.408 e. The third-order valence-electron chi connectivity index (χ3n) is 3.79. The fourth-order valence-electron chi connectivity index (χ4n) is 2.74. The molecule has 0 bridgehead atoms. The number of hydrogen-bond donors (Lipinski definition) is 3. The number of alkyl carbamates (subject to hydrolysis) is 1. The van der Waals surface area contributed by atoms with Crippen molar-refractivity contribution in [1.29, 1.82) is 0 Å². The molecule has 1 aromatic carbocycles. The quantitative estimate of drug-likeness (QED) is 0.644. The number of rotatable bonds is 7. The molecule has 0 aromatic heterocycles. The Kier molecular flexibility index (Phi) is 8.48. The third-order valence-corrected chi connectivity index (χ3v) is 3.79. The molecule has 0 aliphatic rings. The summed E-state index contributed by atoms with van der Waals surface area (Å²) < 4.78 is 5.16. The summed E-state index contributed by atoms with van der Waals surface area (Å²) in [6.07, 6.45) is -0.706. The van der Waals surface area contributed by atoms with Gasteiger partial charge in [0.2, 0.25) is 11.8 Å². The minimum Gasteiger partial charge on any atom is -0.508 e. The van der Waals surface area contributed by atoms with E-state index in [-0.39, 0.29) is 30.3 Å². The van der Waals surface area contributed by atoms with Crippen LogP contribution in [0.1, 0.15) is 60.1 Å². The topological polar surface area (TPSA) is 108 Å². The Morgan fingerprint density at radius 2 is 1.62 bits per heavy atom. The molecule has 162 valence electrons. The zero-order chi connectivity index (χ0) is 22.4. The number of amides is 3. The molecule has 1 unspecified atom stereocenters. The van der Waals surface area contributed by atoms with Gasteiger partial charge in [-0.25, -0.2) is 4.79 Å². The Labute approximate surface area is 172 Å². The van der Waals surface area contributed by atoms with Crippen molar-refractivity contribution in [3.63, 3.8) is 0 Å². The van der Waals surface area contributed by atoms with Gasteiger partial charge in [-0.05, 0) is 66.2 Å². The molecule has 29 heavy (non-hydrogen) atoms. The minimum atomic E-state index is -0.911. The molecule has 3 N–H and O–H groups in total. The second-order valence-electron chi connectivity index (χ2n) is 8.41. The van der Waals surface area contributed by atoms with E-state index in [4.69, 9.17) is 4.74 Å². The van der Waals surface area contributed by atoms with E-state index in [9.17, 15) is 19.5 Å². The standard InChI is InChI=1S/C21H33N3O5/c1-13(2)23-19(27)18(15-8-10-16(25)11-9-15)24(14(3)4)17(26)12-22-20(28)29-21(5,6)7/h8-11,13-14,18,25H,12H2,1-7H3,(H,22,28)(H,23,27). The molecule has 1 rings (SSSR count). The summed E-state index contributed by atoms with van der Waals surface area (Å²) in [4.78, 5) is 39.2. The summed E-state index contributed by atoms with van der Waals surface area (Å²) in [7, 11) is 0. The van der Waals surface area contributed by atoms with Gasteiger partial charge in [-0.3, -0.25) is 9.59 Å². The Bertz CT molecular complexity index is 708. The van der Waals surface area contributed by atoms with E-state index >= 15 is 0 Å². The zero-order valence-corrected chi connectivity index (χ0v) is 18.3. The molecule has 3 amide bonds. The van der Waals surface area contributed by atoms with Gasteiger partial charge >= 0.3 is 6.09 Å². The van der Waals surface area contributed by atoms with E-state index in [1.54, 1.807) is 46.8 Å². The summed E-state index contributed by atoms with van der Waals surface area (Å²) in [5.74, 6) is -0.710. The highest BCUT2D eigenvalue weighted by Gasteiger charge is 2.33. The van der Waals surface area contributed by atoms with Crippen LogP contribution in [0.4, 0.5) is 4.79 Å². The average molecular weight is 408 g/mol. The lowest BCUT2D eigenvalue weighted by molar-refractivity contribution is -0.142. The Hall–Kier alpha value is -2.77. The monoisotopic (exact) mass is 407 g/mol. The number of carbonyl (C=O) groups is 3. The van der Waals surface area contributed by atoms with E-state index in [1.165, 1.54) is 17.0 Å². The average Bonchev–Trinajstić information content (AvgIpc) is 2.56. The van der Waals surface area contributed by atoms with Crippen molar-refractivity contribution in [1.82, 2.24) is 15.5 Å². The SMILES string of the molecule is CC(C)NC(=O)C(c1ccc(O)cc1)N(C(=O)CNC(=O)OC(C)(C)C)C(C)C. The Morgan fingerprint density at radius 1 is 1.07 bits per heavy atom. The molecule has 0 aliphatic heterocycles. The van der Waals surface area contributed by atoms with Gasteiger partial charge in [0.05, 0.1) is 0 Å². The van der Waals surface area contributed by atoms with Crippen molar-refractivity contribution in [3.05, 3.63) is 29.8 Å². The highest BCUT2D eigenvalue weighted by atomic mass is 16.6. The molecule has 0 saturated carbocycles. The molecule has 0 saturated heterocycles. The molecular weight excluding hydrogens is 374 g/mol. The van der Waals surface area contributed by atoms with Crippen LogP contribution in [-0.2, 0) is 14.3 Å². The molecule has 0 heterocycles. The van der Waals surface area contributed by atoms with Crippen LogP contribution >= 0.6 is 0 Å². The smallest absolute Gasteiger partial charge is 0.408 e. The summed E-state index contributed by atoms with van der Waals surface area (Å²) in [6, 6.07) is 4.78. The number of phenols is 1. The predicted molar refractivity (Wildman–Crippen MR) is 110 cm³/mol. The highest BCUT2D eigenvalue weighted by Crippen LogP contribution is 2.25. The first-order valence-corrected chi connectivity index (χ1v) is 9.69. The van der Waals surface area contributed by atoms with Gasteiger partial charge in [-0.2, -0.15) is 0 Å². The Morgan fingerprint density at radius 3 is 2.07 bits per heavy atom. The van der Waals surface area contributed by atoms with Crippen LogP contribution in [0.15, 0.2) is 24.3 Å². The van der Waals surface area contributed by atoms with E-state index in [0.29, 0.717) is 5.56 Å². The van der Waals surface area contributed by atoms with E-state index < -0.39 is 23.6 Å². The number of aromatic hydroxyl groups is 1. The van der Waals surface area contributed by atoms with Crippen molar-refractivity contribution >= 4 is 17.9 Å². The number of nitrogens with zero attached hydrogens (tertiary/aromatic N) is 1. The van der Waals surface area contributed by atoms with Crippen LogP contribution in [0.25, 0.3) is 0 Å². The van der Waals surface area contributed by atoms with Gasteiger partial charge in [0.15, 0.2) is 0 Å². The van der Waals surface area contributed by atoms with Crippen LogP contribution in [0.2, 0.25) is 0 Å². The fraction of sp³-hybridized carbons (Fsp3) is 0.571. The molecule has 0 fully saturated rings. The van der Waals surface area contributed by atoms with Gasteiger partial charge in [-0.1, -0.05) is 12.1 Å². The fourth-order valence-corrected chi connectivity index (χ4v) is 2.74. The number of hydrogen-bond acceptors (Lipinski definition) is 5. The summed E-state index contributed by atoms with van der Waals surface area (Å²) in [6.45, 7) is 12.1. The van der Waals surface area contributed by atoms with Gasteiger partial charge in [0.1, 0.15) is 23.9 Å². The minimum absolute atomic E-state index is 0.0609. The van der Waals surface area contributed by atoms with Crippen LogP contribution in [0.3, 0.4) is 0 Å². The lowest BCUT2D eigenvalue weighted by Crippen LogP contribution is -2.51. The van der Waals surface area contributed by atoms with Gasteiger partial charge < -0.3 is 25.4 Å². The highest BCUT2D eigenvalue weighted by molar-refractivity contribution is 5.90. The first-order chi connectivity index (χ1) is 13.3. The molecule has 1 aromatic rings. The molecule has 0 aliphatic carbocycles. The third kappa shape index (κ3) is 8.01. The molecule has 0 spiro atoms. The van der Waals surface area contributed by atoms with E-state index in [2.05, 4.69) is 10.6 Å². The lowest BCUT2D eigenvalue weighted by Gasteiger charge is -2.35. The van der Waals surface area contributed by atoms with Crippen LogP contribution in [0, 0.1) is 0 Å². The maximum atomic E-state index is 13.0. The number of benzene rings is 1. The van der Waals surface area contributed by atoms with Crippen LogP contribution in [-0.4, -0.2) is 52.1 Å². The normalized spacial score (nSPS) is 12.4. The number of nitrogens with one attached hydrogen (secondary N) is 2. The second-order valence-corrected chi connectivity index (χ2v) is 8.41. The molecule has 8 nitrogen and oxygen atoms in total. The Balaban J connectivity index is 3.12. The molecule has 1 atom stereocenters. The first kappa shape index (κ1) is 24.3. The van der Waals surface area contributed by atoms with Gasteiger partial charge in [0, 0.05) is 12.1 Å². The van der Waals surface area contributed by atoms with Gasteiger partial charge in [-0.15, -0.1) is 0 Å². The maximum absolute atomic E-state index is 13.0. The zero-order valence-electron chi connectivity index (χ0n) is 18.3. The van der Waals surface area contributed by atoms with Crippen molar-refractivity contribution < 1.29 is 24.2 Å². The molecular formula is C21H33N3O5. The second kappa shape index (κ2) is 10.1. The number of ether oxygens (including phenoxy) is 1. The van der Waals surface area contributed by atoms with Crippen molar-refractivity contribution in [2.45, 2.75) is 72.2 Å². The largest absolute Gasteiger partial charge is 0.508 e. The number of carbonyl (C=O) groups excluding carboxylic acids is 3. The number of phenolic OH excluding ortho intramolecular Hbond substituents is 1. The van der Waals surface area contributed by atoms with E-state index in [0.717, 1.165) is 0 Å². The van der Waals surface area contributed by atoms with E-state index in [1.807, 2.05) is 13.8 Å². The molecule has 0 radical (unpaired) electrons. The van der Waals surface area contributed by atoms with Crippen molar-refractivity contribution in [3.8, 4) is 5.75 Å². The first-order valence-electron chi connectivity index (χ1n) is 9.69. The van der Waals surface area contributed by atoms with Crippen molar-refractivity contribution in [2.75, 3.05) is 6.54 Å². The van der Waals surface area contributed by atoms with Crippen LogP contribution < -0.4 is 10.6 Å². The predicted octanol–water partition coefficient (Wildman–Crippen LogP) is 2.72. The van der Waals surface area contributed by atoms with Crippen molar-refractivity contribution in [2.24, 2.45) is 0 Å². The summed E-state index contributed by atoms with van der Waals surface area (Å²) in [5.41, 5.74) is -0.128. The van der Waals surface area contributed by atoms with Crippen LogP contribution in [0.5, 0.6) is 5.75 Å². The lowest BCUT2D eigenvalue weighted by atomic mass is 10.0. The summed E-state index contributed by atoms with van der Waals surface area (Å²) in [5, 5.41) is 14.9.